The summed E-state index contributed by atoms with van der Waals surface area (Å²) in [5, 5.41) is 2.31. The van der Waals surface area contributed by atoms with Gasteiger partial charge in [-0.05, 0) is 57.2 Å². The Morgan fingerprint density at radius 3 is 2.29 bits per heavy atom. The fraction of sp³-hybridized carbons (Fsp3) is 0.812. The molecular formula is C32H53NO5. The van der Waals surface area contributed by atoms with Crippen LogP contribution in [-0.4, -0.2) is 60.6 Å². The summed E-state index contributed by atoms with van der Waals surface area (Å²) in [6.45, 7) is 14.2. The van der Waals surface area contributed by atoms with Crippen LogP contribution in [0, 0.1) is 0 Å². The number of piperidine rings is 1. The number of ether oxygens (including phenoxy) is 4. The van der Waals surface area contributed by atoms with E-state index in [-0.39, 0.29) is 23.3 Å². The van der Waals surface area contributed by atoms with Crippen LogP contribution >= 0.6 is 0 Å². The number of hydrogen-bond acceptors (Lipinski definition) is 6. The highest BCUT2D eigenvalue weighted by Crippen LogP contribution is 2.51. The number of hydrogen-bond donors (Lipinski definition) is 0. The molecule has 6 heteroatoms. The molecule has 0 radical (unpaired) electrons. The van der Waals surface area contributed by atoms with E-state index < -0.39 is 5.79 Å². The van der Waals surface area contributed by atoms with Crippen LogP contribution in [0.2, 0.25) is 0 Å². The lowest BCUT2D eigenvalue weighted by Crippen LogP contribution is -2.67. The molecule has 3 heterocycles. The molecule has 6 nitrogen and oxygen atoms in total. The highest BCUT2D eigenvalue weighted by atomic mass is 16.7. The minimum Gasteiger partial charge on any atom is -0.491 e. The molecule has 0 aliphatic carbocycles. The van der Waals surface area contributed by atoms with Crippen LogP contribution in [0.15, 0.2) is 24.3 Å². The summed E-state index contributed by atoms with van der Waals surface area (Å²) in [7, 11) is 0. The van der Waals surface area contributed by atoms with Gasteiger partial charge in [-0.25, -0.2) is 0 Å². The van der Waals surface area contributed by atoms with Crippen molar-refractivity contribution in [2.75, 3.05) is 26.4 Å². The van der Waals surface area contributed by atoms with Crippen LogP contribution in [0.1, 0.15) is 111 Å². The topological polar surface area (TPSA) is 52.7 Å². The number of rotatable bonds is 16. The third-order valence-corrected chi connectivity index (χ3v) is 8.76. The van der Waals surface area contributed by atoms with E-state index in [1.165, 1.54) is 44.1 Å². The SMILES string of the molecule is CCCCCCCCC1COC2(CC(C)(C)N(OCCc3ccc(OCC4CO4)cc3)C(CC)(CC)C2)O1. The molecule has 3 atom stereocenters. The van der Waals surface area contributed by atoms with E-state index in [0.717, 1.165) is 57.5 Å². The third-order valence-electron chi connectivity index (χ3n) is 8.76. The van der Waals surface area contributed by atoms with Crippen LogP contribution in [-0.2, 0) is 25.5 Å². The molecule has 1 aromatic carbocycles. The van der Waals surface area contributed by atoms with Gasteiger partial charge in [0.25, 0.3) is 0 Å². The zero-order valence-electron chi connectivity index (χ0n) is 24.8. The number of epoxide rings is 1. The van der Waals surface area contributed by atoms with Gasteiger partial charge in [-0.3, -0.25) is 4.84 Å². The number of nitrogens with zero attached hydrogens (tertiary/aromatic N) is 1. The molecule has 3 unspecified atom stereocenters. The van der Waals surface area contributed by atoms with Crippen LogP contribution < -0.4 is 4.74 Å². The normalized spacial score (nSPS) is 28.1. The van der Waals surface area contributed by atoms with Crippen molar-refractivity contribution >= 4 is 0 Å². The maximum absolute atomic E-state index is 6.76. The molecule has 0 N–H and O–H groups in total. The van der Waals surface area contributed by atoms with Crippen LogP contribution in [0.5, 0.6) is 5.75 Å². The predicted molar refractivity (Wildman–Crippen MR) is 151 cm³/mol. The number of unbranched alkanes of at least 4 members (excludes halogenated alkanes) is 5. The molecule has 216 valence electrons. The molecule has 4 rings (SSSR count). The summed E-state index contributed by atoms with van der Waals surface area (Å²) in [6.07, 6.45) is 14.1. The van der Waals surface area contributed by atoms with Gasteiger partial charge in [-0.15, -0.1) is 0 Å². The standard InChI is InChI=1S/C32H53NO5/c1-6-9-10-11-12-13-14-28-23-36-32(38-28)24-30(4,5)33(31(7-2,8-3)25-32)37-20-19-26-15-17-27(18-16-26)34-21-29-22-35-29/h15-18,28-29H,6-14,19-25H2,1-5H3. The van der Waals surface area contributed by atoms with Gasteiger partial charge in [0, 0.05) is 18.4 Å². The molecular weight excluding hydrogens is 478 g/mol. The van der Waals surface area contributed by atoms with Crippen LogP contribution in [0.4, 0.5) is 0 Å². The smallest absolute Gasteiger partial charge is 0.172 e. The minimum atomic E-state index is -0.496. The molecule has 3 aliphatic heterocycles. The molecule has 3 fully saturated rings. The summed E-state index contributed by atoms with van der Waals surface area (Å²) in [5.41, 5.74) is 0.950. The van der Waals surface area contributed by atoms with Gasteiger partial charge in [-0.2, -0.15) is 5.06 Å². The molecule has 38 heavy (non-hydrogen) atoms. The van der Waals surface area contributed by atoms with Crippen LogP contribution in [0.3, 0.4) is 0 Å². The first kappa shape index (κ1) is 29.8. The van der Waals surface area contributed by atoms with Gasteiger partial charge >= 0.3 is 0 Å². The molecule has 0 amide bonds. The lowest BCUT2D eigenvalue weighted by atomic mass is 9.73. The average molecular weight is 532 g/mol. The lowest BCUT2D eigenvalue weighted by molar-refractivity contribution is -0.345. The molecule has 0 aromatic heterocycles. The van der Waals surface area contributed by atoms with Crippen molar-refractivity contribution in [1.29, 1.82) is 0 Å². The lowest BCUT2D eigenvalue weighted by Gasteiger charge is -2.58. The van der Waals surface area contributed by atoms with Crippen molar-refractivity contribution in [3.8, 4) is 5.75 Å². The molecule has 3 saturated heterocycles. The molecule has 0 bridgehead atoms. The van der Waals surface area contributed by atoms with Crippen molar-refractivity contribution in [1.82, 2.24) is 5.06 Å². The fourth-order valence-electron chi connectivity index (χ4n) is 6.56. The van der Waals surface area contributed by atoms with Gasteiger partial charge < -0.3 is 18.9 Å². The maximum Gasteiger partial charge on any atom is 0.172 e. The van der Waals surface area contributed by atoms with Crippen molar-refractivity contribution in [2.45, 2.75) is 141 Å². The Balaban J connectivity index is 1.30. The van der Waals surface area contributed by atoms with Crippen molar-refractivity contribution in [3.05, 3.63) is 29.8 Å². The summed E-state index contributed by atoms with van der Waals surface area (Å²) < 4.78 is 24.3. The number of hydroxylamine groups is 2. The van der Waals surface area contributed by atoms with Crippen molar-refractivity contribution in [2.24, 2.45) is 0 Å². The largest absolute Gasteiger partial charge is 0.491 e. The Morgan fingerprint density at radius 1 is 0.895 bits per heavy atom. The van der Waals surface area contributed by atoms with Gasteiger partial charge in [0.2, 0.25) is 0 Å². The predicted octanol–water partition coefficient (Wildman–Crippen LogP) is 7.23. The van der Waals surface area contributed by atoms with Gasteiger partial charge in [-0.1, -0.05) is 71.4 Å². The Labute approximate surface area is 231 Å². The van der Waals surface area contributed by atoms with Crippen molar-refractivity contribution in [3.63, 3.8) is 0 Å². The van der Waals surface area contributed by atoms with E-state index in [0.29, 0.717) is 13.2 Å². The van der Waals surface area contributed by atoms with E-state index in [9.17, 15) is 0 Å². The second kappa shape index (κ2) is 13.5. The Kier molecular flexibility index (Phi) is 10.5. The van der Waals surface area contributed by atoms with E-state index in [2.05, 4.69) is 51.8 Å². The van der Waals surface area contributed by atoms with Gasteiger partial charge in [0.15, 0.2) is 5.79 Å². The van der Waals surface area contributed by atoms with Crippen LogP contribution in [0.25, 0.3) is 0 Å². The zero-order chi connectivity index (χ0) is 27.1. The number of benzene rings is 1. The van der Waals surface area contributed by atoms with Gasteiger partial charge in [0.1, 0.15) is 18.5 Å². The fourth-order valence-corrected chi connectivity index (χ4v) is 6.56. The van der Waals surface area contributed by atoms with E-state index in [4.69, 9.17) is 23.8 Å². The highest BCUT2D eigenvalue weighted by Gasteiger charge is 2.59. The highest BCUT2D eigenvalue weighted by molar-refractivity contribution is 5.27. The molecule has 3 aliphatic rings. The monoisotopic (exact) mass is 531 g/mol. The molecule has 1 aromatic rings. The first-order valence-electron chi connectivity index (χ1n) is 15.4. The third kappa shape index (κ3) is 7.72. The summed E-state index contributed by atoms with van der Waals surface area (Å²) in [4.78, 5) is 6.63. The quantitative estimate of drug-likeness (QED) is 0.166. The summed E-state index contributed by atoms with van der Waals surface area (Å²) in [5.74, 6) is 0.402. The minimum absolute atomic E-state index is 0.112. The maximum atomic E-state index is 6.76. The second-order valence-corrected chi connectivity index (χ2v) is 12.4. The summed E-state index contributed by atoms with van der Waals surface area (Å²) >= 11 is 0. The molecule has 1 spiro atoms. The average Bonchev–Trinajstić information content (AvgIpc) is 3.67. The van der Waals surface area contributed by atoms with Crippen molar-refractivity contribution < 1.29 is 23.8 Å². The summed E-state index contributed by atoms with van der Waals surface area (Å²) in [6, 6.07) is 8.37. The van der Waals surface area contributed by atoms with E-state index >= 15 is 0 Å². The Morgan fingerprint density at radius 2 is 1.61 bits per heavy atom. The first-order chi connectivity index (χ1) is 18.3. The molecule has 0 saturated carbocycles. The Bertz CT molecular complexity index is 835. The van der Waals surface area contributed by atoms with Gasteiger partial charge in [0.05, 0.1) is 31.5 Å². The van der Waals surface area contributed by atoms with E-state index in [1.54, 1.807) is 0 Å². The second-order valence-electron chi connectivity index (χ2n) is 12.4. The zero-order valence-corrected chi connectivity index (χ0v) is 24.8. The Hall–Kier alpha value is -1.18. The first-order valence-corrected chi connectivity index (χ1v) is 15.4. The van der Waals surface area contributed by atoms with E-state index in [1.807, 2.05) is 12.1 Å².